The van der Waals surface area contributed by atoms with E-state index in [1.54, 1.807) is 19.1 Å². The zero-order valence-corrected chi connectivity index (χ0v) is 8.58. The third-order valence-corrected chi connectivity index (χ3v) is 2.35. The molecule has 1 aromatic rings. The molecule has 2 N–H and O–H groups in total. The molecule has 0 aliphatic rings. The molecule has 0 saturated carbocycles. The van der Waals surface area contributed by atoms with Gasteiger partial charge in [-0.1, -0.05) is 0 Å². The van der Waals surface area contributed by atoms with E-state index in [9.17, 15) is 4.21 Å². The van der Waals surface area contributed by atoms with Gasteiger partial charge in [0.05, 0.1) is 11.5 Å². The highest BCUT2D eigenvalue weighted by atomic mass is 32.2. The second-order valence-electron chi connectivity index (χ2n) is 2.75. The molecule has 0 aliphatic carbocycles. The van der Waals surface area contributed by atoms with E-state index in [2.05, 4.69) is 0 Å². The van der Waals surface area contributed by atoms with Gasteiger partial charge in [-0.3, -0.25) is 0 Å². The molecule has 0 heterocycles. The molecule has 0 radical (unpaired) electrons. The van der Waals surface area contributed by atoms with E-state index in [0.29, 0.717) is 10.6 Å². The predicted octanol–water partition coefficient (Wildman–Crippen LogP) is 0.947. The van der Waals surface area contributed by atoms with Gasteiger partial charge in [-0.25, -0.2) is 4.21 Å². The van der Waals surface area contributed by atoms with E-state index in [-0.39, 0.29) is 13.2 Å². The maximum atomic E-state index is 10.7. The number of aliphatic hydroxyl groups is 1. The Labute approximate surface area is 84.8 Å². The zero-order chi connectivity index (χ0) is 10.6. The standard InChI is InChI=1S/C9H12O4S/c1-7-6-8(14(11)12)2-3-9(7)13-5-4-10/h2-3,6,10H,4-5H2,1H3,(H,11,12). The van der Waals surface area contributed by atoms with Crippen LogP contribution in [0.5, 0.6) is 5.75 Å². The van der Waals surface area contributed by atoms with Crippen LogP contribution in [0.4, 0.5) is 0 Å². The van der Waals surface area contributed by atoms with E-state index in [4.69, 9.17) is 14.4 Å². The predicted molar refractivity (Wildman–Crippen MR) is 52.8 cm³/mol. The van der Waals surface area contributed by atoms with Crippen LogP contribution in [0, 0.1) is 6.92 Å². The Kier molecular flexibility index (Phi) is 4.06. The van der Waals surface area contributed by atoms with Gasteiger partial charge in [0.25, 0.3) is 0 Å². The second kappa shape index (κ2) is 5.09. The summed E-state index contributed by atoms with van der Waals surface area (Å²) < 4.78 is 24.7. The van der Waals surface area contributed by atoms with Gasteiger partial charge in [0, 0.05) is 0 Å². The van der Waals surface area contributed by atoms with Gasteiger partial charge in [0.2, 0.25) is 0 Å². The first-order chi connectivity index (χ1) is 6.65. The summed E-state index contributed by atoms with van der Waals surface area (Å²) in [6.07, 6.45) is 0. The molecular formula is C9H12O4S. The Hall–Kier alpha value is -0.910. The topological polar surface area (TPSA) is 66.8 Å². The Balaban J connectivity index is 2.84. The number of aryl methyl sites for hydroxylation is 1. The van der Waals surface area contributed by atoms with Crippen molar-refractivity contribution in [2.45, 2.75) is 11.8 Å². The average Bonchev–Trinajstić information content (AvgIpc) is 2.15. The fraction of sp³-hybridized carbons (Fsp3) is 0.333. The zero-order valence-electron chi connectivity index (χ0n) is 7.77. The molecule has 14 heavy (non-hydrogen) atoms. The minimum absolute atomic E-state index is 0.0485. The van der Waals surface area contributed by atoms with Crippen LogP contribution in [0.1, 0.15) is 5.56 Å². The van der Waals surface area contributed by atoms with Crippen molar-refractivity contribution in [1.82, 2.24) is 0 Å². The van der Waals surface area contributed by atoms with Crippen molar-refractivity contribution in [3.8, 4) is 5.75 Å². The number of rotatable bonds is 4. The third kappa shape index (κ3) is 2.80. The van der Waals surface area contributed by atoms with Crippen LogP contribution in [-0.2, 0) is 11.1 Å². The van der Waals surface area contributed by atoms with Crippen molar-refractivity contribution in [3.05, 3.63) is 23.8 Å². The first-order valence-corrected chi connectivity index (χ1v) is 5.21. The molecule has 78 valence electrons. The van der Waals surface area contributed by atoms with Gasteiger partial charge >= 0.3 is 0 Å². The molecule has 0 aliphatic heterocycles. The minimum Gasteiger partial charge on any atom is -0.491 e. The number of aliphatic hydroxyl groups excluding tert-OH is 1. The van der Waals surface area contributed by atoms with Crippen LogP contribution in [0.2, 0.25) is 0 Å². The monoisotopic (exact) mass is 216 g/mol. The van der Waals surface area contributed by atoms with E-state index < -0.39 is 11.1 Å². The molecular weight excluding hydrogens is 204 g/mol. The highest BCUT2D eigenvalue weighted by molar-refractivity contribution is 7.79. The largest absolute Gasteiger partial charge is 0.491 e. The lowest BCUT2D eigenvalue weighted by Gasteiger charge is -2.07. The summed E-state index contributed by atoms with van der Waals surface area (Å²) in [5.41, 5.74) is 0.776. The average molecular weight is 216 g/mol. The summed E-state index contributed by atoms with van der Waals surface area (Å²) in [7, 11) is 0. The van der Waals surface area contributed by atoms with Crippen LogP contribution in [0.25, 0.3) is 0 Å². The Morgan fingerprint density at radius 3 is 2.71 bits per heavy atom. The van der Waals surface area contributed by atoms with Crippen molar-refractivity contribution in [2.75, 3.05) is 13.2 Å². The van der Waals surface area contributed by atoms with Crippen molar-refractivity contribution in [1.29, 1.82) is 0 Å². The van der Waals surface area contributed by atoms with E-state index >= 15 is 0 Å². The molecule has 1 aromatic carbocycles. The van der Waals surface area contributed by atoms with Crippen molar-refractivity contribution < 1.29 is 18.6 Å². The molecule has 5 heteroatoms. The van der Waals surface area contributed by atoms with Crippen LogP contribution in [-0.4, -0.2) is 27.1 Å². The molecule has 0 saturated heterocycles. The van der Waals surface area contributed by atoms with E-state index in [0.717, 1.165) is 5.56 Å². The van der Waals surface area contributed by atoms with Crippen LogP contribution >= 0.6 is 0 Å². The van der Waals surface area contributed by atoms with Gasteiger partial charge < -0.3 is 14.4 Å². The second-order valence-corrected chi connectivity index (χ2v) is 3.72. The van der Waals surface area contributed by atoms with Gasteiger partial charge in [-0.05, 0) is 30.7 Å². The molecule has 1 unspecified atom stereocenters. The van der Waals surface area contributed by atoms with Gasteiger partial charge in [0.15, 0.2) is 11.1 Å². The maximum absolute atomic E-state index is 10.7. The third-order valence-electron chi connectivity index (χ3n) is 1.70. The molecule has 0 fully saturated rings. The molecule has 1 atom stereocenters. The molecule has 1 rings (SSSR count). The maximum Gasteiger partial charge on any atom is 0.186 e. The molecule has 4 nitrogen and oxygen atoms in total. The number of hydrogen-bond acceptors (Lipinski definition) is 3. The number of ether oxygens (including phenoxy) is 1. The Morgan fingerprint density at radius 1 is 1.50 bits per heavy atom. The summed E-state index contributed by atoms with van der Waals surface area (Å²) in [5, 5.41) is 8.55. The van der Waals surface area contributed by atoms with Crippen molar-refractivity contribution in [3.63, 3.8) is 0 Å². The highest BCUT2D eigenvalue weighted by Gasteiger charge is 2.04. The Morgan fingerprint density at radius 2 is 2.21 bits per heavy atom. The summed E-state index contributed by atoms with van der Waals surface area (Å²) in [6.45, 7) is 1.96. The van der Waals surface area contributed by atoms with Gasteiger partial charge in [-0.2, -0.15) is 0 Å². The summed E-state index contributed by atoms with van der Waals surface area (Å²) in [6, 6.07) is 4.73. The first kappa shape index (κ1) is 11.2. The summed E-state index contributed by atoms with van der Waals surface area (Å²) in [5.74, 6) is 0.619. The van der Waals surface area contributed by atoms with Crippen molar-refractivity contribution >= 4 is 11.1 Å². The minimum atomic E-state index is -1.96. The highest BCUT2D eigenvalue weighted by Crippen LogP contribution is 2.20. The van der Waals surface area contributed by atoms with Gasteiger partial charge in [-0.15, -0.1) is 0 Å². The smallest absolute Gasteiger partial charge is 0.186 e. The molecule has 0 spiro atoms. The lowest BCUT2D eigenvalue weighted by molar-refractivity contribution is 0.200. The van der Waals surface area contributed by atoms with Crippen molar-refractivity contribution in [2.24, 2.45) is 0 Å². The number of benzene rings is 1. The lowest BCUT2D eigenvalue weighted by atomic mass is 10.2. The van der Waals surface area contributed by atoms with Crippen LogP contribution < -0.4 is 4.74 Å². The molecule has 0 aromatic heterocycles. The van der Waals surface area contributed by atoms with Crippen LogP contribution in [0.15, 0.2) is 23.1 Å². The lowest BCUT2D eigenvalue weighted by Crippen LogP contribution is -2.03. The summed E-state index contributed by atoms with van der Waals surface area (Å²) in [4.78, 5) is 0.346. The number of hydrogen-bond donors (Lipinski definition) is 2. The first-order valence-electron chi connectivity index (χ1n) is 4.10. The molecule has 0 bridgehead atoms. The van der Waals surface area contributed by atoms with E-state index in [1.807, 2.05) is 0 Å². The normalized spacial score (nSPS) is 12.5. The van der Waals surface area contributed by atoms with Crippen LogP contribution in [0.3, 0.4) is 0 Å². The Bertz CT molecular complexity index is 338. The summed E-state index contributed by atoms with van der Waals surface area (Å²) >= 11 is -1.96. The SMILES string of the molecule is Cc1cc(S(=O)O)ccc1OCCO. The quantitative estimate of drug-likeness (QED) is 0.735. The van der Waals surface area contributed by atoms with Gasteiger partial charge in [0.1, 0.15) is 12.4 Å². The fourth-order valence-electron chi connectivity index (χ4n) is 1.05. The fourth-order valence-corrected chi connectivity index (χ4v) is 1.51. The molecule has 0 amide bonds. The van der Waals surface area contributed by atoms with E-state index in [1.165, 1.54) is 6.07 Å².